The zero-order valence-electron chi connectivity index (χ0n) is 8.16. The van der Waals surface area contributed by atoms with Crippen LogP contribution in [0.5, 0.6) is 0 Å². The molecule has 0 aliphatic carbocycles. The van der Waals surface area contributed by atoms with Crippen LogP contribution in [0, 0.1) is 0 Å². The van der Waals surface area contributed by atoms with Gasteiger partial charge in [-0.15, -0.1) is 11.3 Å². The number of hydrogen-bond acceptors (Lipinski definition) is 2. The Bertz CT molecular complexity index is 423. The lowest BCUT2D eigenvalue weighted by Crippen LogP contribution is -2.13. The summed E-state index contributed by atoms with van der Waals surface area (Å²) < 4.78 is 1.33. The van der Waals surface area contributed by atoms with Gasteiger partial charge in [0.15, 0.2) is 0 Å². The Hall–Kier alpha value is -0.890. The highest BCUT2D eigenvalue weighted by Crippen LogP contribution is 2.30. The molecule has 0 N–H and O–H groups in total. The zero-order chi connectivity index (χ0) is 9.47. The minimum absolute atomic E-state index is 0.139. The van der Waals surface area contributed by atoms with Gasteiger partial charge in [0.25, 0.3) is 0 Å². The van der Waals surface area contributed by atoms with Crippen molar-refractivity contribution in [1.29, 1.82) is 0 Å². The highest BCUT2D eigenvalue weighted by atomic mass is 32.1. The number of fused-ring (bicyclic) bond motifs is 1. The second kappa shape index (κ2) is 2.81. The SMILES string of the molecule is CC(C)(C)c1nccc2sccc12. The summed E-state index contributed by atoms with van der Waals surface area (Å²) in [4.78, 5) is 4.46. The average Bonchev–Trinajstić information content (AvgIpc) is 2.48. The summed E-state index contributed by atoms with van der Waals surface area (Å²) in [6.07, 6.45) is 1.90. The molecule has 2 heteroatoms. The first-order chi connectivity index (χ1) is 6.09. The summed E-state index contributed by atoms with van der Waals surface area (Å²) in [7, 11) is 0. The zero-order valence-corrected chi connectivity index (χ0v) is 8.98. The van der Waals surface area contributed by atoms with Crippen molar-refractivity contribution in [1.82, 2.24) is 4.98 Å². The molecule has 2 rings (SSSR count). The van der Waals surface area contributed by atoms with E-state index in [9.17, 15) is 0 Å². The second-order valence-corrected chi connectivity index (χ2v) is 5.19. The maximum atomic E-state index is 4.46. The van der Waals surface area contributed by atoms with Gasteiger partial charge in [-0.1, -0.05) is 20.8 Å². The van der Waals surface area contributed by atoms with Gasteiger partial charge in [0.2, 0.25) is 0 Å². The fraction of sp³-hybridized carbons (Fsp3) is 0.364. The molecule has 2 aromatic heterocycles. The molecule has 2 heterocycles. The molecule has 0 unspecified atom stereocenters. The maximum absolute atomic E-state index is 4.46. The molecular formula is C11H13NS. The van der Waals surface area contributed by atoms with Crippen LogP contribution in [-0.4, -0.2) is 4.98 Å². The van der Waals surface area contributed by atoms with Gasteiger partial charge in [-0.25, -0.2) is 0 Å². The molecule has 0 radical (unpaired) electrons. The van der Waals surface area contributed by atoms with E-state index in [0.717, 1.165) is 0 Å². The number of hydrogen-bond donors (Lipinski definition) is 0. The Morgan fingerprint density at radius 1 is 1.23 bits per heavy atom. The number of aromatic nitrogens is 1. The molecule has 0 atom stereocenters. The Morgan fingerprint density at radius 3 is 2.69 bits per heavy atom. The molecule has 68 valence electrons. The number of nitrogens with zero attached hydrogens (tertiary/aromatic N) is 1. The third kappa shape index (κ3) is 1.46. The van der Waals surface area contributed by atoms with Crippen LogP contribution in [0.2, 0.25) is 0 Å². The standard InChI is InChI=1S/C11H13NS/c1-11(2,3)10-8-5-7-13-9(8)4-6-12-10/h4-7H,1-3H3. The van der Waals surface area contributed by atoms with Crippen LogP contribution in [0.15, 0.2) is 23.7 Å². The molecule has 13 heavy (non-hydrogen) atoms. The van der Waals surface area contributed by atoms with E-state index in [1.54, 1.807) is 11.3 Å². The fourth-order valence-electron chi connectivity index (χ4n) is 1.49. The summed E-state index contributed by atoms with van der Waals surface area (Å²) in [5.41, 5.74) is 1.34. The molecule has 0 saturated carbocycles. The third-order valence-electron chi connectivity index (χ3n) is 2.09. The van der Waals surface area contributed by atoms with E-state index in [0.29, 0.717) is 0 Å². The van der Waals surface area contributed by atoms with Crippen LogP contribution >= 0.6 is 11.3 Å². The summed E-state index contributed by atoms with van der Waals surface area (Å²) in [6.45, 7) is 6.60. The molecule has 0 aliphatic heterocycles. The Labute approximate surface area is 82.4 Å². The molecular weight excluding hydrogens is 178 g/mol. The molecule has 0 aliphatic rings. The van der Waals surface area contributed by atoms with Crippen molar-refractivity contribution in [2.24, 2.45) is 0 Å². The Kier molecular flexibility index (Phi) is 1.88. The van der Waals surface area contributed by atoms with Crippen LogP contribution in [-0.2, 0) is 5.41 Å². The first kappa shape index (κ1) is 8.70. The normalized spacial score (nSPS) is 12.2. The van der Waals surface area contributed by atoms with Gasteiger partial charge < -0.3 is 0 Å². The topological polar surface area (TPSA) is 12.9 Å². The summed E-state index contributed by atoms with van der Waals surface area (Å²) >= 11 is 1.78. The number of rotatable bonds is 0. The van der Waals surface area contributed by atoms with Gasteiger partial charge in [-0.05, 0) is 17.5 Å². The van der Waals surface area contributed by atoms with E-state index in [-0.39, 0.29) is 5.41 Å². The minimum Gasteiger partial charge on any atom is -0.260 e. The largest absolute Gasteiger partial charge is 0.260 e. The summed E-state index contributed by atoms with van der Waals surface area (Å²) in [5, 5.41) is 3.43. The predicted octanol–water partition coefficient (Wildman–Crippen LogP) is 3.59. The quantitative estimate of drug-likeness (QED) is 0.620. The van der Waals surface area contributed by atoms with E-state index < -0.39 is 0 Å². The minimum atomic E-state index is 0.139. The molecule has 0 bridgehead atoms. The molecule has 0 spiro atoms. The predicted molar refractivity (Wildman–Crippen MR) is 58.3 cm³/mol. The van der Waals surface area contributed by atoms with Gasteiger partial charge in [0.05, 0.1) is 5.69 Å². The summed E-state index contributed by atoms with van der Waals surface area (Å²) in [6, 6.07) is 4.24. The van der Waals surface area contributed by atoms with Crippen LogP contribution in [0.1, 0.15) is 26.5 Å². The lowest BCUT2D eigenvalue weighted by Gasteiger charge is -2.18. The smallest absolute Gasteiger partial charge is 0.0543 e. The van der Waals surface area contributed by atoms with Crippen LogP contribution < -0.4 is 0 Å². The van der Waals surface area contributed by atoms with Crippen LogP contribution in [0.25, 0.3) is 10.1 Å². The fourth-order valence-corrected chi connectivity index (χ4v) is 2.27. The van der Waals surface area contributed by atoms with E-state index in [1.165, 1.54) is 15.8 Å². The molecule has 2 aromatic rings. The van der Waals surface area contributed by atoms with E-state index in [2.05, 4.69) is 43.3 Å². The van der Waals surface area contributed by atoms with E-state index >= 15 is 0 Å². The first-order valence-corrected chi connectivity index (χ1v) is 5.30. The lowest BCUT2D eigenvalue weighted by atomic mass is 9.90. The van der Waals surface area contributed by atoms with Crippen LogP contribution in [0.3, 0.4) is 0 Å². The van der Waals surface area contributed by atoms with Crippen molar-refractivity contribution in [3.05, 3.63) is 29.4 Å². The third-order valence-corrected chi connectivity index (χ3v) is 2.97. The monoisotopic (exact) mass is 191 g/mol. The second-order valence-electron chi connectivity index (χ2n) is 4.24. The molecule has 0 saturated heterocycles. The Morgan fingerprint density at radius 2 is 2.00 bits per heavy atom. The van der Waals surface area contributed by atoms with Gasteiger partial charge in [-0.3, -0.25) is 4.98 Å². The van der Waals surface area contributed by atoms with E-state index in [1.807, 2.05) is 6.20 Å². The van der Waals surface area contributed by atoms with Crippen molar-refractivity contribution < 1.29 is 0 Å². The average molecular weight is 191 g/mol. The number of thiophene rings is 1. The van der Waals surface area contributed by atoms with Crippen molar-refractivity contribution in [3.8, 4) is 0 Å². The van der Waals surface area contributed by atoms with Gasteiger partial charge in [0.1, 0.15) is 0 Å². The van der Waals surface area contributed by atoms with Gasteiger partial charge in [0, 0.05) is 21.7 Å². The molecule has 1 nitrogen and oxygen atoms in total. The highest BCUT2D eigenvalue weighted by molar-refractivity contribution is 7.17. The van der Waals surface area contributed by atoms with Crippen LogP contribution in [0.4, 0.5) is 0 Å². The molecule has 0 aromatic carbocycles. The van der Waals surface area contributed by atoms with Crippen molar-refractivity contribution >= 4 is 21.4 Å². The van der Waals surface area contributed by atoms with E-state index in [4.69, 9.17) is 0 Å². The Balaban J connectivity index is 2.75. The number of pyridine rings is 1. The van der Waals surface area contributed by atoms with Gasteiger partial charge >= 0.3 is 0 Å². The summed E-state index contributed by atoms with van der Waals surface area (Å²) in [5.74, 6) is 0. The molecule has 0 amide bonds. The lowest BCUT2D eigenvalue weighted by molar-refractivity contribution is 0.575. The van der Waals surface area contributed by atoms with Crippen molar-refractivity contribution in [3.63, 3.8) is 0 Å². The maximum Gasteiger partial charge on any atom is 0.0543 e. The molecule has 0 fully saturated rings. The van der Waals surface area contributed by atoms with Gasteiger partial charge in [-0.2, -0.15) is 0 Å². The van der Waals surface area contributed by atoms with Crippen molar-refractivity contribution in [2.45, 2.75) is 26.2 Å². The van der Waals surface area contributed by atoms with Crippen molar-refractivity contribution in [2.75, 3.05) is 0 Å². The first-order valence-electron chi connectivity index (χ1n) is 4.42. The highest BCUT2D eigenvalue weighted by Gasteiger charge is 2.18.